The third-order valence-electron chi connectivity index (χ3n) is 5.82. The van der Waals surface area contributed by atoms with E-state index in [4.69, 9.17) is 4.74 Å². The topological polar surface area (TPSA) is 61.9 Å². The number of carbonyl (C=O) groups is 2. The zero-order valence-electron chi connectivity index (χ0n) is 19.5. The maximum absolute atomic E-state index is 13.5. The van der Waals surface area contributed by atoms with Gasteiger partial charge in [-0.15, -0.1) is 11.3 Å². The summed E-state index contributed by atoms with van der Waals surface area (Å²) in [5.74, 6) is 1.07. The molecule has 7 heteroatoms. The third kappa shape index (κ3) is 6.25. The van der Waals surface area contributed by atoms with Gasteiger partial charge in [0.1, 0.15) is 18.9 Å². The number of nitrogens with one attached hydrogen (secondary N) is 1. The van der Waals surface area contributed by atoms with E-state index >= 15 is 0 Å². The number of amides is 3. The Morgan fingerprint density at radius 1 is 1.22 bits per heavy atom. The van der Waals surface area contributed by atoms with Crippen molar-refractivity contribution in [1.82, 2.24) is 15.1 Å². The van der Waals surface area contributed by atoms with E-state index in [1.807, 2.05) is 49.1 Å². The fourth-order valence-electron chi connectivity index (χ4n) is 3.88. The summed E-state index contributed by atoms with van der Waals surface area (Å²) in [6, 6.07) is 11.5. The lowest BCUT2D eigenvalue weighted by Crippen LogP contribution is -2.51. The van der Waals surface area contributed by atoms with E-state index in [9.17, 15) is 9.59 Å². The van der Waals surface area contributed by atoms with Crippen LogP contribution in [-0.4, -0.2) is 54.0 Å². The van der Waals surface area contributed by atoms with Crippen LogP contribution in [-0.2, 0) is 11.2 Å². The number of rotatable bonds is 9. The third-order valence-corrected chi connectivity index (χ3v) is 6.82. The monoisotopic (exact) mass is 457 g/mol. The highest BCUT2D eigenvalue weighted by molar-refractivity contribution is 7.10. The van der Waals surface area contributed by atoms with E-state index in [-0.39, 0.29) is 30.6 Å². The van der Waals surface area contributed by atoms with E-state index in [0.29, 0.717) is 25.6 Å². The van der Waals surface area contributed by atoms with Gasteiger partial charge in [0.25, 0.3) is 0 Å². The molecule has 0 saturated heterocycles. The minimum absolute atomic E-state index is 0.0207. The van der Waals surface area contributed by atoms with Crippen LogP contribution in [0, 0.1) is 5.92 Å². The van der Waals surface area contributed by atoms with Crippen LogP contribution in [0.15, 0.2) is 41.8 Å². The maximum atomic E-state index is 13.5. The summed E-state index contributed by atoms with van der Waals surface area (Å²) in [4.78, 5) is 31.1. The van der Waals surface area contributed by atoms with E-state index < -0.39 is 0 Å². The number of nitrogens with zero attached hydrogens (tertiary/aromatic N) is 2. The molecular formula is C25H35N3O3S. The van der Waals surface area contributed by atoms with Crippen molar-refractivity contribution in [2.45, 2.75) is 52.6 Å². The van der Waals surface area contributed by atoms with Crippen LogP contribution in [0.2, 0.25) is 0 Å². The second kappa shape index (κ2) is 11.4. The molecule has 2 atom stereocenters. The first-order valence-electron chi connectivity index (χ1n) is 11.5. The summed E-state index contributed by atoms with van der Waals surface area (Å²) in [6.07, 6.45) is 1.79. The Labute approximate surface area is 195 Å². The molecule has 1 aliphatic heterocycles. The normalized spacial score (nSPS) is 16.4. The molecule has 1 aliphatic rings. The molecule has 6 nitrogen and oxygen atoms in total. The van der Waals surface area contributed by atoms with Crippen molar-refractivity contribution in [3.8, 4) is 5.75 Å². The van der Waals surface area contributed by atoms with Crippen LogP contribution in [0.5, 0.6) is 5.75 Å². The molecule has 1 aromatic carbocycles. The van der Waals surface area contributed by atoms with Gasteiger partial charge in [0.2, 0.25) is 5.91 Å². The van der Waals surface area contributed by atoms with E-state index in [1.54, 1.807) is 16.2 Å². The number of ether oxygens (including phenoxy) is 1. The van der Waals surface area contributed by atoms with Crippen LogP contribution in [0.25, 0.3) is 0 Å². The zero-order valence-corrected chi connectivity index (χ0v) is 20.4. The molecule has 0 spiro atoms. The maximum Gasteiger partial charge on any atom is 0.318 e. The summed E-state index contributed by atoms with van der Waals surface area (Å²) in [5.41, 5.74) is 1.16. The van der Waals surface area contributed by atoms with Gasteiger partial charge in [-0.05, 0) is 55.3 Å². The Morgan fingerprint density at radius 2 is 1.97 bits per heavy atom. The van der Waals surface area contributed by atoms with Gasteiger partial charge >= 0.3 is 6.03 Å². The highest BCUT2D eigenvalue weighted by atomic mass is 32.1. The van der Waals surface area contributed by atoms with Crippen molar-refractivity contribution in [2.75, 3.05) is 26.2 Å². The first-order valence-corrected chi connectivity index (χ1v) is 12.4. The summed E-state index contributed by atoms with van der Waals surface area (Å²) in [6.45, 7) is 9.73. The Hall–Kier alpha value is -2.54. The predicted molar refractivity (Wildman–Crippen MR) is 129 cm³/mol. The summed E-state index contributed by atoms with van der Waals surface area (Å²) >= 11 is 1.73. The summed E-state index contributed by atoms with van der Waals surface area (Å²) in [7, 11) is 0. The van der Waals surface area contributed by atoms with Crippen molar-refractivity contribution in [2.24, 2.45) is 5.92 Å². The lowest BCUT2D eigenvalue weighted by molar-refractivity contribution is -0.135. The number of hydrogen-bond donors (Lipinski definition) is 1. The van der Waals surface area contributed by atoms with E-state index in [1.165, 1.54) is 4.88 Å². The quantitative estimate of drug-likeness (QED) is 0.593. The van der Waals surface area contributed by atoms with Gasteiger partial charge in [-0.2, -0.15) is 0 Å². The summed E-state index contributed by atoms with van der Waals surface area (Å²) in [5, 5.41) is 5.03. The minimum atomic E-state index is -0.182. The van der Waals surface area contributed by atoms with Crippen molar-refractivity contribution in [3.63, 3.8) is 0 Å². The first kappa shape index (κ1) is 24.1. The molecule has 0 bridgehead atoms. The molecular weight excluding hydrogens is 422 g/mol. The molecule has 3 amide bonds. The summed E-state index contributed by atoms with van der Waals surface area (Å²) < 4.78 is 6.06. The fraction of sp³-hybridized carbons (Fsp3) is 0.520. The van der Waals surface area contributed by atoms with Crippen molar-refractivity contribution >= 4 is 23.3 Å². The minimum Gasteiger partial charge on any atom is -0.491 e. The van der Waals surface area contributed by atoms with Crippen LogP contribution >= 0.6 is 11.3 Å². The lowest BCUT2D eigenvalue weighted by atomic mass is 10.00. The molecule has 174 valence electrons. The van der Waals surface area contributed by atoms with Gasteiger partial charge in [-0.1, -0.05) is 38.5 Å². The Bertz CT molecular complexity index is 884. The lowest BCUT2D eigenvalue weighted by Gasteiger charge is -2.37. The number of fused-ring (bicyclic) bond motifs is 1. The number of urea groups is 1. The second-order valence-electron chi connectivity index (χ2n) is 8.77. The van der Waals surface area contributed by atoms with Gasteiger partial charge in [0.15, 0.2) is 0 Å². The van der Waals surface area contributed by atoms with Crippen LogP contribution in [0.4, 0.5) is 4.79 Å². The van der Waals surface area contributed by atoms with Crippen molar-refractivity contribution < 1.29 is 14.3 Å². The standard InChI is InChI=1S/C25H35N3O3S/c1-5-19(4)15-27(25(30)26-18(2)3)16-24(29)28-13-11-23-21(12-14-32-23)22(28)17-31-20-9-7-6-8-10-20/h6-10,12,14,18-19,22H,5,11,13,15-17H2,1-4H3,(H,26,30)/t19-,22-/m1/s1. The van der Waals surface area contributed by atoms with E-state index in [0.717, 1.165) is 24.2 Å². The number of para-hydroxylation sites is 1. The molecule has 32 heavy (non-hydrogen) atoms. The number of benzene rings is 1. The molecule has 1 aromatic heterocycles. The highest BCUT2D eigenvalue weighted by Crippen LogP contribution is 2.34. The number of thiophene rings is 1. The molecule has 2 aromatic rings. The number of hydrogen-bond acceptors (Lipinski definition) is 4. The Morgan fingerprint density at radius 3 is 2.66 bits per heavy atom. The zero-order chi connectivity index (χ0) is 23.1. The van der Waals surface area contributed by atoms with Gasteiger partial charge in [-0.25, -0.2) is 4.79 Å². The smallest absolute Gasteiger partial charge is 0.318 e. The van der Waals surface area contributed by atoms with Gasteiger partial charge in [0.05, 0.1) is 6.04 Å². The Kier molecular flexibility index (Phi) is 8.56. The fourth-order valence-corrected chi connectivity index (χ4v) is 4.81. The SMILES string of the molecule is CC[C@@H](C)CN(CC(=O)N1CCc2sccc2[C@H]1COc1ccccc1)C(=O)NC(C)C. The first-order chi connectivity index (χ1) is 15.4. The molecule has 0 saturated carbocycles. The van der Waals surface area contributed by atoms with Crippen molar-refractivity contribution in [1.29, 1.82) is 0 Å². The van der Waals surface area contributed by atoms with Crippen LogP contribution in [0.1, 0.15) is 50.6 Å². The van der Waals surface area contributed by atoms with E-state index in [2.05, 4.69) is 30.6 Å². The molecule has 0 aliphatic carbocycles. The largest absolute Gasteiger partial charge is 0.491 e. The predicted octanol–water partition coefficient (Wildman–Crippen LogP) is 4.72. The van der Waals surface area contributed by atoms with Gasteiger partial charge in [0, 0.05) is 24.0 Å². The second-order valence-corrected chi connectivity index (χ2v) is 9.77. The van der Waals surface area contributed by atoms with Gasteiger partial charge < -0.3 is 19.9 Å². The number of carbonyl (C=O) groups excluding carboxylic acids is 2. The van der Waals surface area contributed by atoms with Crippen LogP contribution in [0.3, 0.4) is 0 Å². The van der Waals surface area contributed by atoms with Gasteiger partial charge in [-0.3, -0.25) is 4.79 Å². The molecule has 2 heterocycles. The van der Waals surface area contributed by atoms with Crippen LogP contribution < -0.4 is 10.1 Å². The molecule has 3 rings (SSSR count). The van der Waals surface area contributed by atoms with Crippen molar-refractivity contribution in [3.05, 3.63) is 52.2 Å². The molecule has 1 N–H and O–H groups in total. The Balaban J connectivity index is 1.75. The average molecular weight is 458 g/mol. The molecule has 0 radical (unpaired) electrons. The average Bonchev–Trinajstić information content (AvgIpc) is 3.26. The highest BCUT2D eigenvalue weighted by Gasteiger charge is 2.33. The molecule has 0 unspecified atom stereocenters. The molecule has 0 fully saturated rings.